The highest BCUT2D eigenvalue weighted by atomic mass is 16.3. The summed E-state index contributed by atoms with van der Waals surface area (Å²) in [5.41, 5.74) is 2.49. The molecular formula is C18H16O2. The molecule has 20 heavy (non-hydrogen) atoms. The molecule has 0 bridgehead atoms. The molecule has 0 amide bonds. The minimum atomic E-state index is 0.300. The minimum Gasteiger partial charge on any atom is -0.508 e. The Labute approximate surface area is 117 Å². The van der Waals surface area contributed by atoms with Crippen LogP contribution in [0, 0.1) is 0 Å². The highest BCUT2D eigenvalue weighted by Crippen LogP contribution is 2.22. The van der Waals surface area contributed by atoms with E-state index < -0.39 is 0 Å². The Balaban J connectivity index is 1.77. The van der Waals surface area contributed by atoms with Gasteiger partial charge in [0.05, 0.1) is 0 Å². The number of phenols is 2. The summed E-state index contributed by atoms with van der Waals surface area (Å²) in [7, 11) is 0. The van der Waals surface area contributed by atoms with E-state index in [1.807, 2.05) is 24.3 Å². The van der Waals surface area contributed by atoms with Crippen LogP contribution in [0.15, 0.2) is 60.7 Å². The van der Waals surface area contributed by atoms with Crippen molar-refractivity contribution in [1.29, 1.82) is 0 Å². The van der Waals surface area contributed by atoms with Gasteiger partial charge >= 0.3 is 0 Å². The largest absolute Gasteiger partial charge is 0.508 e. The third kappa shape index (κ3) is 2.75. The van der Waals surface area contributed by atoms with Crippen LogP contribution in [0.25, 0.3) is 10.8 Å². The molecule has 3 aromatic carbocycles. The lowest BCUT2D eigenvalue weighted by Crippen LogP contribution is -1.91. The van der Waals surface area contributed by atoms with Gasteiger partial charge in [0.15, 0.2) is 0 Å². The average molecular weight is 264 g/mol. The van der Waals surface area contributed by atoms with Crippen LogP contribution in [0.5, 0.6) is 11.5 Å². The van der Waals surface area contributed by atoms with E-state index in [1.54, 1.807) is 24.3 Å². The molecule has 2 N–H and O–H groups in total. The molecule has 2 nitrogen and oxygen atoms in total. The van der Waals surface area contributed by atoms with Crippen LogP contribution >= 0.6 is 0 Å². The molecule has 0 fully saturated rings. The van der Waals surface area contributed by atoms with E-state index in [2.05, 4.69) is 12.1 Å². The first-order valence-electron chi connectivity index (χ1n) is 6.70. The van der Waals surface area contributed by atoms with Gasteiger partial charge in [0.25, 0.3) is 0 Å². The maximum atomic E-state index is 9.45. The molecule has 2 heteroatoms. The fraction of sp³-hybridized carbons (Fsp3) is 0.111. The van der Waals surface area contributed by atoms with Crippen LogP contribution in [0.3, 0.4) is 0 Å². The molecule has 0 atom stereocenters. The van der Waals surface area contributed by atoms with Crippen molar-refractivity contribution >= 4 is 10.8 Å². The van der Waals surface area contributed by atoms with Crippen LogP contribution in [0.2, 0.25) is 0 Å². The zero-order chi connectivity index (χ0) is 13.9. The van der Waals surface area contributed by atoms with Gasteiger partial charge in [0, 0.05) is 0 Å². The van der Waals surface area contributed by atoms with E-state index in [4.69, 9.17) is 0 Å². The summed E-state index contributed by atoms with van der Waals surface area (Å²) >= 11 is 0. The van der Waals surface area contributed by atoms with Crippen LogP contribution in [-0.2, 0) is 12.8 Å². The monoisotopic (exact) mass is 264 g/mol. The fourth-order valence-electron chi connectivity index (χ4n) is 2.39. The standard InChI is InChI=1S/C18H16O2/c19-17-8-4-13(5-9-17)1-2-14-3-6-16-12-18(20)10-7-15(16)11-14/h3-12,19-20H,1-2H2. The highest BCUT2D eigenvalue weighted by Gasteiger charge is 2.00. The van der Waals surface area contributed by atoms with Crippen LogP contribution in [0.4, 0.5) is 0 Å². The SMILES string of the molecule is Oc1ccc(CCc2ccc3cc(O)ccc3c2)cc1. The maximum Gasteiger partial charge on any atom is 0.116 e. The smallest absolute Gasteiger partial charge is 0.116 e. The van der Waals surface area contributed by atoms with Crippen molar-refractivity contribution in [2.24, 2.45) is 0 Å². The zero-order valence-electron chi connectivity index (χ0n) is 11.1. The number of benzene rings is 3. The lowest BCUT2D eigenvalue weighted by molar-refractivity contribution is 0.475. The molecule has 3 aromatic rings. The van der Waals surface area contributed by atoms with Crippen molar-refractivity contribution in [3.63, 3.8) is 0 Å². The zero-order valence-corrected chi connectivity index (χ0v) is 11.1. The second kappa shape index (κ2) is 5.25. The van der Waals surface area contributed by atoms with Crippen molar-refractivity contribution in [3.05, 3.63) is 71.8 Å². The Morgan fingerprint density at radius 1 is 0.550 bits per heavy atom. The first-order chi connectivity index (χ1) is 9.70. The Morgan fingerprint density at radius 3 is 1.90 bits per heavy atom. The average Bonchev–Trinajstić information content (AvgIpc) is 2.46. The van der Waals surface area contributed by atoms with Gasteiger partial charge in [-0.2, -0.15) is 0 Å². The number of rotatable bonds is 3. The molecule has 0 aliphatic carbocycles. The predicted octanol–water partition coefficient (Wildman–Crippen LogP) is 4.04. The Morgan fingerprint density at radius 2 is 1.10 bits per heavy atom. The van der Waals surface area contributed by atoms with E-state index in [1.165, 1.54) is 11.1 Å². The normalized spacial score (nSPS) is 10.8. The first kappa shape index (κ1) is 12.5. The molecule has 0 aromatic heterocycles. The predicted molar refractivity (Wildman–Crippen MR) is 81.1 cm³/mol. The quantitative estimate of drug-likeness (QED) is 0.749. The Hall–Kier alpha value is -2.48. The van der Waals surface area contributed by atoms with E-state index in [0.29, 0.717) is 11.5 Å². The molecule has 0 saturated heterocycles. The molecule has 0 spiro atoms. The van der Waals surface area contributed by atoms with Crippen molar-refractivity contribution in [3.8, 4) is 11.5 Å². The van der Waals surface area contributed by atoms with Gasteiger partial charge in [-0.1, -0.05) is 36.4 Å². The molecule has 0 unspecified atom stereocenters. The Kier molecular flexibility index (Phi) is 3.30. The van der Waals surface area contributed by atoms with Gasteiger partial charge in [-0.25, -0.2) is 0 Å². The second-order valence-electron chi connectivity index (χ2n) is 5.03. The summed E-state index contributed by atoms with van der Waals surface area (Å²) in [5, 5.41) is 20.9. The lowest BCUT2D eigenvalue weighted by Gasteiger charge is -2.05. The van der Waals surface area contributed by atoms with Crippen LogP contribution in [-0.4, -0.2) is 10.2 Å². The number of fused-ring (bicyclic) bond motifs is 1. The van der Waals surface area contributed by atoms with E-state index in [0.717, 1.165) is 23.6 Å². The first-order valence-corrected chi connectivity index (χ1v) is 6.70. The summed E-state index contributed by atoms with van der Waals surface area (Å²) in [5.74, 6) is 0.605. The van der Waals surface area contributed by atoms with Crippen molar-refractivity contribution in [2.75, 3.05) is 0 Å². The molecule has 0 saturated carbocycles. The number of hydrogen-bond donors (Lipinski definition) is 2. The summed E-state index contributed by atoms with van der Waals surface area (Å²) in [6.45, 7) is 0. The van der Waals surface area contributed by atoms with Gasteiger partial charge in [0.1, 0.15) is 11.5 Å². The molecule has 0 aliphatic rings. The molecule has 0 heterocycles. The van der Waals surface area contributed by atoms with Gasteiger partial charge in [-0.05, 0) is 59.0 Å². The molecule has 100 valence electrons. The van der Waals surface area contributed by atoms with Gasteiger partial charge in [-0.3, -0.25) is 0 Å². The van der Waals surface area contributed by atoms with Gasteiger partial charge in [-0.15, -0.1) is 0 Å². The number of aromatic hydroxyl groups is 2. The second-order valence-corrected chi connectivity index (χ2v) is 5.03. The van der Waals surface area contributed by atoms with Crippen molar-refractivity contribution < 1.29 is 10.2 Å². The van der Waals surface area contributed by atoms with Crippen LogP contribution < -0.4 is 0 Å². The molecule has 0 radical (unpaired) electrons. The highest BCUT2D eigenvalue weighted by molar-refractivity contribution is 5.84. The fourth-order valence-corrected chi connectivity index (χ4v) is 2.39. The number of hydrogen-bond acceptors (Lipinski definition) is 2. The molecule has 3 rings (SSSR count). The van der Waals surface area contributed by atoms with Gasteiger partial charge < -0.3 is 10.2 Å². The van der Waals surface area contributed by atoms with Crippen molar-refractivity contribution in [2.45, 2.75) is 12.8 Å². The third-order valence-electron chi connectivity index (χ3n) is 3.53. The minimum absolute atomic E-state index is 0.300. The van der Waals surface area contributed by atoms with E-state index in [-0.39, 0.29) is 0 Å². The lowest BCUT2D eigenvalue weighted by atomic mass is 10.0. The summed E-state index contributed by atoms with van der Waals surface area (Å²) in [4.78, 5) is 0. The number of phenolic OH excluding ortho intramolecular Hbond substituents is 2. The topological polar surface area (TPSA) is 40.5 Å². The summed E-state index contributed by atoms with van der Waals surface area (Å²) < 4.78 is 0. The maximum absolute atomic E-state index is 9.45. The van der Waals surface area contributed by atoms with E-state index >= 15 is 0 Å². The summed E-state index contributed by atoms with van der Waals surface area (Å²) in [6, 6.07) is 19.1. The van der Waals surface area contributed by atoms with Gasteiger partial charge in [0.2, 0.25) is 0 Å². The van der Waals surface area contributed by atoms with Crippen molar-refractivity contribution in [1.82, 2.24) is 0 Å². The molecular weight excluding hydrogens is 248 g/mol. The third-order valence-corrected chi connectivity index (χ3v) is 3.53. The van der Waals surface area contributed by atoms with E-state index in [9.17, 15) is 10.2 Å². The van der Waals surface area contributed by atoms with Crippen LogP contribution in [0.1, 0.15) is 11.1 Å². The summed E-state index contributed by atoms with van der Waals surface area (Å²) in [6.07, 6.45) is 1.91. The molecule has 0 aliphatic heterocycles. The number of aryl methyl sites for hydroxylation is 2. The Bertz CT molecular complexity index is 730.